The van der Waals surface area contributed by atoms with Crippen molar-refractivity contribution in [3.63, 3.8) is 0 Å². The van der Waals surface area contributed by atoms with Gasteiger partial charge in [-0.1, -0.05) is 102 Å². The van der Waals surface area contributed by atoms with E-state index in [0.29, 0.717) is 0 Å². The van der Waals surface area contributed by atoms with Crippen molar-refractivity contribution in [3.05, 3.63) is 195 Å². The molecule has 2 atom stereocenters. The lowest BCUT2D eigenvalue weighted by atomic mass is 9.93. The van der Waals surface area contributed by atoms with Crippen molar-refractivity contribution in [2.75, 3.05) is 43.7 Å². The van der Waals surface area contributed by atoms with Crippen LogP contribution in [0.3, 0.4) is 0 Å². The molecule has 0 saturated carbocycles. The van der Waals surface area contributed by atoms with Gasteiger partial charge in [0.25, 0.3) is 0 Å². The number of anilines is 3. The third-order valence-corrected chi connectivity index (χ3v) is 10.5. The number of aryl methyl sites for hydroxylation is 6. The molecule has 0 fully saturated rings. The summed E-state index contributed by atoms with van der Waals surface area (Å²) < 4.78 is 0. The van der Waals surface area contributed by atoms with Crippen LogP contribution in [0.5, 0.6) is 0 Å². The molecule has 2 aromatic heterocycles. The van der Waals surface area contributed by atoms with E-state index in [0.717, 1.165) is 17.9 Å². The molecule has 57 heavy (non-hydrogen) atoms. The van der Waals surface area contributed by atoms with Gasteiger partial charge in [0.1, 0.15) is 0 Å². The van der Waals surface area contributed by atoms with Gasteiger partial charge in [-0.25, -0.2) is 0 Å². The van der Waals surface area contributed by atoms with E-state index in [1.807, 2.05) is 24.5 Å². The Morgan fingerprint density at radius 1 is 0.509 bits per heavy atom. The molecule has 0 saturated heterocycles. The number of nitrogens with one attached hydrogen (secondary N) is 2. The van der Waals surface area contributed by atoms with Crippen LogP contribution in [-0.2, 0) is 6.54 Å². The first-order chi connectivity index (χ1) is 27.4. The van der Waals surface area contributed by atoms with Crippen LogP contribution < -0.4 is 15.5 Å². The minimum atomic E-state index is -0.0592. The van der Waals surface area contributed by atoms with Crippen molar-refractivity contribution in [1.29, 1.82) is 0 Å². The Hall–Kier alpha value is -5.98. The van der Waals surface area contributed by atoms with Crippen LogP contribution in [0.1, 0.15) is 73.5 Å². The van der Waals surface area contributed by atoms with Gasteiger partial charge in [-0.2, -0.15) is 0 Å². The average Bonchev–Trinajstić information content (AvgIpc) is 3.18. The summed E-state index contributed by atoms with van der Waals surface area (Å²) in [5, 5.41) is 10.2. The minimum Gasteiger partial charge on any atom is -0.377 e. The molecule has 0 amide bonds. The molecule has 2 N–H and O–H groups in total. The van der Waals surface area contributed by atoms with Gasteiger partial charge in [-0.05, 0) is 130 Å². The van der Waals surface area contributed by atoms with E-state index < -0.39 is 0 Å². The largest absolute Gasteiger partial charge is 0.377 e. The molecule has 0 aliphatic heterocycles. The van der Waals surface area contributed by atoms with Crippen LogP contribution in [0.25, 0.3) is 10.8 Å². The van der Waals surface area contributed by atoms with E-state index in [9.17, 15) is 0 Å². The number of benzene rings is 5. The zero-order valence-corrected chi connectivity index (χ0v) is 35.4. The summed E-state index contributed by atoms with van der Waals surface area (Å²) in [4.78, 5) is 13.8. The minimum absolute atomic E-state index is 0.00227. The lowest BCUT2D eigenvalue weighted by Gasteiger charge is -2.26. The fourth-order valence-corrected chi connectivity index (χ4v) is 8.08. The molecule has 2 heterocycles. The average molecular weight is 755 g/mol. The van der Waals surface area contributed by atoms with E-state index in [-0.39, 0.29) is 12.1 Å². The molecule has 6 heteroatoms. The van der Waals surface area contributed by atoms with Crippen LogP contribution in [-0.4, -0.2) is 43.1 Å². The lowest BCUT2D eigenvalue weighted by Crippen LogP contribution is -2.19. The summed E-state index contributed by atoms with van der Waals surface area (Å²) in [5.41, 5.74) is 17.0. The Morgan fingerprint density at radius 3 is 1.44 bits per heavy atom. The molecule has 6 nitrogen and oxygen atoms in total. The van der Waals surface area contributed by atoms with E-state index in [2.05, 4.69) is 204 Å². The molecule has 7 rings (SSSR count). The van der Waals surface area contributed by atoms with Crippen molar-refractivity contribution in [2.24, 2.45) is 0 Å². The van der Waals surface area contributed by atoms with Crippen molar-refractivity contribution in [1.82, 2.24) is 14.9 Å². The van der Waals surface area contributed by atoms with Crippen LogP contribution in [0, 0.1) is 41.5 Å². The maximum Gasteiger partial charge on any atom is 0.0946 e. The summed E-state index contributed by atoms with van der Waals surface area (Å²) in [5.74, 6) is 0. The smallest absolute Gasteiger partial charge is 0.0946 e. The molecular weight excluding hydrogens is 697 g/mol. The lowest BCUT2D eigenvalue weighted by molar-refractivity contribution is 0.400. The molecule has 0 radical (unpaired) electrons. The van der Waals surface area contributed by atoms with Crippen molar-refractivity contribution >= 4 is 27.8 Å². The molecule has 7 aromatic rings. The molecule has 0 aliphatic carbocycles. The Bertz CT molecular complexity index is 2370. The second kappa shape index (κ2) is 18.3. The number of hydrogen-bond acceptors (Lipinski definition) is 6. The van der Waals surface area contributed by atoms with E-state index in [1.165, 1.54) is 77.9 Å². The SMILES string of the molecule is Cc1cc(C)c(NC(c2ccccn2)c2cccc3cccc(N(C)C)c23)c(C)c1.Cc1cc(C)c(NC(c2ccccn2)c2ccccc2CN(C)C)c(C)c1. The highest BCUT2D eigenvalue weighted by Gasteiger charge is 2.23. The van der Waals surface area contributed by atoms with Gasteiger partial charge in [0.2, 0.25) is 0 Å². The summed E-state index contributed by atoms with van der Waals surface area (Å²) in [7, 11) is 8.41. The number of fused-ring (bicyclic) bond motifs is 1. The Balaban J connectivity index is 0.000000194. The predicted molar refractivity (Wildman–Crippen MR) is 243 cm³/mol. The Labute approximate surface area is 340 Å². The second-order valence-electron chi connectivity index (χ2n) is 15.8. The van der Waals surface area contributed by atoms with Crippen LogP contribution in [0.2, 0.25) is 0 Å². The van der Waals surface area contributed by atoms with Gasteiger partial charge in [0.15, 0.2) is 0 Å². The predicted octanol–water partition coefficient (Wildman–Crippen LogP) is 11.7. The normalized spacial score (nSPS) is 12.1. The molecule has 0 aliphatic rings. The van der Waals surface area contributed by atoms with Crippen molar-refractivity contribution in [3.8, 4) is 0 Å². The standard InChI is InChI=1S/C27H29N3.C24H29N3/c1-18-16-19(2)26(20(3)17-18)29-27(23-13-6-7-15-28-23)22-12-8-10-21-11-9-14-24(25(21)22)30(4)5;1-17-14-18(2)23(19(3)15-17)26-24(22-12-8-9-13-25-22)21-11-7-6-10-20(21)16-27(4)5/h6-17,27,29H,1-5H3;6-15,24,26H,16H2,1-5H3. The van der Waals surface area contributed by atoms with Gasteiger partial charge in [0, 0.05) is 55.5 Å². The fraction of sp³-hybridized carbons (Fsp3) is 0.255. The summed E-state index contributed by atoms with van der Waals surface area (Å²) in [6.45, 7) is 13.9. The maximum atomic E-state index is 4.73. The van der Waals surface area contributed by atoms with E-state index in [1.54, 1.807) is 0 Å². The van der Waals surface area contributed by atoms with Gasteiger partial charge in [-0.15, -0.1) is 0 Å². The Morgan fingerprint density at radius 2 is 0.965 bits per heavy atom. The van der Waals surface area contributed by atoms with Gasteiger partial charge >= 0.3 is 0 Å². The molecule has 0 bridgehead atoms. The highest BCUT2D eigenvalue weighted by molar-refractivity contribution is 5.97. The van der Waals surface area contributed by atoms with E-state index in [4.69, 9.17) is 4.98 Å². The first kappa shape index (κ1) is 40.7. The Kier molecular flexibility index (Phi) is 13.1. The van der Waals surface area contributed by atoms with E-state index >= 15 is 0 Å². The van der Waals surface area contributed by atoms with Crippen LogP contribution in [0.15, 0.2) is 134 Å². The fourth-order valence-electron chi connectivity index (χ4n) is 8.08. The molecule has 292 valence electrons. The third kappa shape index (κ3) is 9.70. The van der Waals surface area contributed by atoms with Crippen LogP contribution in [0.4, 0.5) is 17.1 Å². The molecular formula is C51H58N6. The highest BCUT2D eigenvalue weighted by atomic mass is 15.1. The van der Waals surface area contributed by atoms with Crippen LogP contribution >= 0.6 is 0 Å². The number of hydrogen-bond donors (Lipinski definition) is 2. The summed E-state index contributed by atoms with van der Waals surface area (Å²) in [6, 6.07) is 42.8. The first-order valence-corrected chi connectivity index (χ1v) is 19.8. The zero-order valence-electron chi connectivity index (χ0n) is 35.4. The van der Waals surface area contributed by atoms with Gasteiger partial charge in [-0.3, -0.25) is 9.97 Å². The monoisotopic (exact) mass is 754 g/mol. The highest BCUT2D eigenvalue weighted by Crippen LogP contribution is 2.38. The van der Waals surface area contributed by atoms with Gasteiger partial charge < -0.3 is 20.4 Å². The number of pyridine rings is 2. The molecule has 2 unspecified atom stereocenters. The quantitative estimate of drug-likeness (QED) is 0.137. The second-order valence-corrected chi connectivity index (χ2v) is 15.8. The third-order valence-electron chi connectivity index (χ3n) is 10.5. The number of rotatable bonds is 11. The van der Waals surface area contributed by atoms with Crippen molar-refractivity contribution < 1.29 is 0 Å². The van der Waals surface area contributed by atoms with Gasteiger partial charge in [0.05, 0.1) is 23.5 Å². The summed E-state index contributed by atoms with van der Waals surface area (Å²) >= 11 is 0. The van der Waals surface area contributed by atoms with Crippen molar-refractivity contribution in [2.45, 2.75) is 60.2 Å². The number of nitrogens with zero attached hydrogens (tertiary/aromatic N) is 4. The maximum absolute atomic E-state index is 4.73. The zero-order chi connectivity index (χ0) is 40.6. The summed E-state index contributed by atoms with van der Waals surface area (Å²) in [6.07, 6.45) is 3.74. The molecule has 5 aromatic carbocycles. The number of aromatic nitrogens is 2. The topological polar surface area (TPSA) is 56.3 Å². The molecule has 0 spiro atoms. The first-order valence-electron chi connectivity index (χ1n) is 19.8.